The molecule has 0 aliphatic carbocycles. The maximum Gasteiger partial charge on any atom is 0.338 e. The first-order valence-corrected chi connectivity index (χ1v) is 9.02. The highest BCUT2D eigenvalue weighted by molar-refractivity contribution is 6.36. The van der Waals surface area contributed by atoms with Crippen molar-refractivity contribution < 1.29 is 19.1 Å². The van der Waals surface area contributed by atoms with Gasteiger partial charge in [-0.25, -0.2) is 4.79 Å². The smallest absolute Gasteiger partial charge is 0.338 e. The average Bonchev–Trinajstić information content (AvgIpc) is 3.08. The molecule has 1 aliphatic heterocycles. The van der Waals surface area contributed by atoms with Gasteiger partial charge < -0.3 is 15.0 Å². The molecule has 2 aromatic carbocycles. The molecule has 1 fully saturated rings. The van der Waals surface area contributed by atoms with Gasteiger partial charge in [0.2, 0.25) is 5.91 Å². The maximum absolute atomic E-state index is 12.2. The number of rotatable bonds is 5. The predicted molar refractivity (Wildman–Crippen MR) is 103 cm³/mol. The van der Waals surface area contributed by atoms with E-state index in [1.54, 1.807) is 41.3 Å². The summed E-state index contributed by atoms with van der Waals surface area (Å²) in [5.74, 6) is -1.15. The molecule has 3 rings (SSSR count). The van der Waals surface area contributed by atoms with Crippen molar-refractivity contribution in [2.45, 2.75) is 12.8 Å². The van der Waals surface area contributed by atoms with E-state index in [-0.39, 0.29) is 16.5 Å². The molecule has 27 heavy (non-hydrogen) atoms. The van der Waals surface area contributed by atoms with E-state index in [1.165, 1.54) is 6.07 Å². The van der Waals surface area contributed by atoms with Gasteiger partial charge in [0.05, 0.1) is 16.3 Å². The van der Waals surface area contributed by atoms with E-state index in [0.717, 1.165) is 6.42 Å². The van der Waals surface area contributed by atoms with Gasteiger partial charge in [-0.2, -0.15) is 0 Å². The monoisotopic (exact) mass is 406 g/mol. The van der Waals surface area contributed by atoms with Crippen molar-refractivity contribution in [2.75, 3.05) is 23.4 Å². The zero-order valence-electron chi connectivity index (χ0n) is 14.2. The Morgan fingerprint density at radius 2 is 1.96 bits per heavy atom. The third-order valence-corrected chi connectivity index (χ3v) is 4.55. The summed E-state index contributed by atoms with van der Waals surface area (Å²) in [5.41, 5.74) is 1.28. The van der Waals surface area contributed by atoms with Crippen LogP contribution >= 0.6 is 23.2 Å². The Morgan fingerprint density at radius 3 is 2.67 bits per heavy atom. The van der Waals surface area contributed by atoms with E-state index in [4.69, 9.17) is 27.9 Å². The topological polar surface area (TPSA) is 75.7 Å². The summed E-state index contributed by atoms with van der Waals surface area (Å²) in [6, 6.07) is 11.2. The molecule has 1 N–H and O–H groups in total. The second-order valence-electron chi connectivity index (χ2n) is 5.95. The maximum atomic E-state index is 12.2. The molecule has 2 aromatic rings. The molecule has 6 nitrogen and oxygen atoms in total. The standard InChI is InChI=1S/C19H16Cl2N2O4/c20-13-6-7-16(15(21)10-13)22-17(24)11-27-19(26)12-3-1-4-14(9-12)23-8-2-5-18(23)25/h1,3-4,6-7,9-10H,2,5,8,11H2,(H,22,24). The molecule has 0 atom stereocenters. The van der Waals surface area contributed by atoms with Crippen LogP contribution in [0.4, 0.5) is 11.4 Å². The summed E-state index contributed by atoms with van der Waals surface area (Å²) < 4.78 is 5.05. The third-order valence-electron chi connectivity index (χ3n) is 4.01. The number of amides is 2. The van der Waals surface area contributed by atoms with E-state index in [1.807, 2.05) is 0 Å². The molecule has 1 saturated heterocycles. The van der Waals surface area contributed by atoms with Crippen molar-refractivity contribution in [1.82, 2.24) is 0 Å². The Hall–Kier alpha value is -2.57. The number of esters is 1. The number of halogens is 2. The number of anilines is 2. The second kappa shape index (κ2) is 8.41. The highest BCUT2D eigenvalue weighted by Crippen LogP contribution is 2.25. The number of nitrogens with one attached hydrogen (secondary N) is 1. The molecule has 140 valence electrons. The summed E-state index contributed by atoms with van der Waals surface area (Å²) in [4.78, 5) is 37.6. The Balaban J connectivity index is 1.59. The fraction of sp³-hybridized carbons (Fsp3) is 0.211. The van der Waals surface area contributed by atoms with Gasteiger partial charge >= 0.3 is 5.97 Å². The Bertz CT molecular complexity index is 901. The van der Waals surface area contributed by atoms with Crippen LogP contribution < -0.4 is 10.2 Å². The van der Waals surface area contributed by atoms with Crippen molar-refractivity contribution in [3.8, 4) is 0 Å². The summed E-state index contributed by atoms with van der Waals surface area (Å²) in [7, 11) is 0. The third kappa shape index (κ3) is 4.78. The summed E-state index contributed by atoms with van der Waals surface area (Å²) >= 11 is 11.8. The number of hydrogen-bond donors (Lipinski definition) is 1. The Labute approximate surface area is 166 Å². The summed E-state index contributed by atoms with van der Waals surface area (Å²) in [5, 5.41) is 3.27. The van der Waals surface area contributed by atoms with E-state index < -0.39 is 18.5 Å². The zero-order chi connectivity index (χ0) is 19.4. The number of benzene rings is 2. The van der Waals surface area contributed by atoms with Gasteiger partial charge in [0, 0.05) is 23.7 Å². The van der Waals surface area contributed by atoms with E-state index in [2.05, 4.69) is 5.32 Å². The molecule has 0 unspecified atom stereocenters. The van der Waals surface area contributed by atoms with Crippen LogP contribution in [-0.4, -0.2) is 30.9 Å². The molecule has 0 spiro atoms. The minimum Gasteiger partial charge on any atom is -0.452 e. The molecule has 1 aliphatic rings. The molecule has 0 saturated carbocycles. The van der Waals surface area contributed by atoms with E-state index in [9.17, 15) is 14.4 Å². The van der Waals surface area contributed by atoms with Crippen LogP contribution in [0, 0.1) is 0 Å². The minimum atomic E-state index is -0.652. The van der Waals surface area contributed by atoms with Crippen molar-refractivity contribution in [3.05, 3.63) is 58.1 Å². The minimum absolute atomic E-state index is 0.0275. The van der Waals surface area contributed by atoms with Crippen LogP contribution in [0.5, 0.6) is 0 Å². The zero-order valence-corrected chi connectivity index (χ0v) is 15.7. The van der Waals surface area contributed by atoms with Crippen LogP contribution in [0.1, 0.15) is 23.2 Å². The first-order chi connectivity index (χ1) is 12.9. The Kier molecular flexibility index (Phi) is 5.98. The lowest BCUT2D eigenvalue weighted by molar-refractivity contribution is -0.119. The number of hydrogen-bond acceptors (Lipinski definition) is 4. The van der Waals surface area contributed by atoms with Crippen molar-refractivity contribution >= 4 is 52.4 Å². The van der Waals surface area contributed by atoms with Crippen molar-refractivity contribution in [1.29, 1.82) is 0 Å². The average molecular weight is 407 g/mol. The van der Waals surface area contributed by atoms with Crippen LogP contribution in [-0.2, 0) is 14.3 Å². The van der Waals surface area contributed by atoms with E-state index in [0.29, 0.717) is 29.4 Å². The first kappa shape index (κ1) is 19.2. The molecular formula is C19H16Cl2N2O4. The number of ether oxygens (including phenoxy) is 1. The fourth-order valence-corrected chi connectivity index (χ4v) is 3.17. The second-order valence-corrected chi connectivity index (χ2v) is 6.79. The van der Waals surface area contributed by atoms with Crippen molar-refractivity contribution in [2.24, 2.45) is 0 Å². The lowest BCUT2D eigenvalue weighted by Crippen LogP contribution is -2.24. The van der Waals surface area contributed by atoms with Gasteiger partial charge in [-0.05, 0) is 42.8 Å². The predicted octanol–water partition coefficient (Wildman–Crippen LogP) is 3.92. The Morgan fingerprint density at radius 1 is 1.15 bits per heavy atom. The van der Waals surface area contributed by atoms with Gasteiger partial charge in [-0.1, -0.05) is 29.3 Å². The molecule has 0 bridgehead atoms. The normalized spacial score (nSPS) is 13.6. The molecule has 2 amide bonds. The van der Waals surface area contributed by atoms with Crippen LogP contribution in [0.2, 0.25) is 10.0 Å². The number of carbonyl (C=O) groups excluding carboxylic acids is 3. The van der Waals surface area contributed by atoms with Crippen LogP contribution in [0.25, 0.3) is 0 Å². The lowest BCUT2D eigenvalue weighted by Gasteiger charge is -2.16. The first-order valence-electron chi connectivity index (χ1n) is 8.26. The van der Waals surface area contributed by atoms with E-state index >= 15 is 0 Å². The molecule has 0 aromatic heterocycles. The fourth-order valence-electron chi connectivity index (χ4n) is 2.71. The summed E-state index contributed by atoms with van der Waals surface area (Å²) in [6.07, 6.45) is 1.29. The van der Waals surface area contributed by atoms with Crippen LogP contribution in [0.15, 0.2) is 42.5 Å². The summed E-state index contributed by atoms with van der Waals surface area (Å²) in [6.45, 7) is 0.159. The quantitative estimate of drug-likeness (QED) is 0.763. The molecular weight excluding hydrogens is 391 g/mol. The largest absolute Gasteiger partial charge is 0.452 e. The molecule has 1 heterocycles. The van der Waals surface area contributed by atoms with Gasteiger partial charge in [0.15, 0.2) is 6.61 Å². The molecule has 0 radical (unpaired) electrons. The number of nitrogens with zero attached hydrogens (tertiary/aromatic N) is 1. The highest BCUT2D eigenvalue weighted by Gasteiger charge is 2.22. The SMILES string of the molecule is O=C(COC(=O)c1cccc(N2CCCC2=O)c1)Nc1ccc(Cl)cc1Cl. The lowest BCUT2D eigenvalue weighted by atomic mass is 10.2. The van der Waals surface area contributed by atoms with Gasteiger partial charge in [0.1, 0.15) is 0 Å². The van der Waals surface area contributed by atoms with Crippen molar-refractivity contribution in [3.63, 3.8) is 0 Å². The molecule has 8 heteroatoms. The van der Waals surface area contributed by atoms with Crippen LogP contribution in [0.3, 0.4) is 0 Å². The number of carbonyl (C=O) groups is 3. The highest BCUT2D eigenvalue weighted by atomic mass is 35.5. The van der Waals surface area contributed by atoms with Gasteiger partial charge in [0.25, 0.3) is 5.91 Å². The van der Waals surface area contributed by atoms with Gasteiger partial charge in [-0.15, -0.1) is 0 Å². The van der Waals surface area contributed by atoms with Gasteiger partial charge in [-0.3, -0.25) is 9.59 Å².